The first-order valence-corrected chi connectivity index (χ1v) is 8.19. The molecule has 3 rings (SSSR count). The molecule has 0 saturated heterocycles. The average Bonchev–Trinajstić information content (AvgIpc) is 2.85. The van der Waals surface area contributed by atoms with Crippen LogP contribution in [0.1, 0.15) is 28.9 Å². The van der Waals surface area contributed by atoms with Crippen molar-refractivity contribution in [3.8, 4) is 0 Å². The van der Waals surface area contributed by atoms with Crippen molar-refractivity contribution in [2.24, 2.45) is 0 Å². The second kappa shape index (κ2) is 6.55. The number of hydrogen-bond acceptors (Lipinski definition) is 4. The Hall–Kier alpha value is -2.89. The van der Waals surface area contributed by atoms with Gasteiger partial charge in [-0.05, 0) is 44.9 Å². The van der Waals surface area contributed by atoms with Crippen LogP contribution in [-0.4, -0.2) is 15.5 Å². The number of anilines is 1. The number of benzene rings is 1. The largest absolute Gasteiger partial charge is 0.443 e. The summed E-state index contributed by atoms with van der Waals surface area (Å²) in [5, 5.41) is 3.38. The normalized spacial score (nSPS) is 11.0. The lowest BCUT2D eigenvalue weighted by atomic mass is 10.1. The van der Waals surface area contributed by atoms with Gasteiger partial charge in [-0.25, -0.2) is 4.98 Å². The predicted octanol–water partition coefficient (Wildman–Crippen LogP) is 3.25. The quantitative estimate of drug-likeness (QED) is 0.791. The Labute approximate surface area is 145 Å². The first-order valence-electron chi connectivity index (χ1n) is 8.19. The van der Waals surface area contributed by atoms with E-state index in [0.29, 0.717) is 16.9 Å². The maximum atomic E-state index is 12.6. The summed E-state index contributed by atoms with van der Waals surface area (Å²) in [7, 11) is 0. The zero-order valence-corrected chi connectivity index (χ0v) is 14.8. The molecule has 1 N–H and O–H groups in total. The second-order valence-electron chi connectivity index (χ2n) is 6.32. The van der Waals surface area contributed by atoms with E-state index in [1.54, 1.807) is 6.92 Å². The minimum atomic E-state index is -0.182. The molecule has 0 aliphatic rings. The van der Waals surface area contributed by atoms with Crippen LogP contribution in [0.4, 0.5) is 5.69 Å². The monoisotopic (exact) mass is 339 g/mol. The van der Waals surface area contributed by atoms with E-state index < -0.39 is 0 Å². The molecule has 2 aromatic heterocycles. The Kier molecular flexibility index (Phi) is 4.44. The van der Waals surface area contributed by atoms with E-state index in [4.69, 9.17) is 4.42 Å². The number of aryl methyl sites for hydroxylation is 5. The predicted molar refractivity (Wildman–Crippen MR) is 96.9 cm³/mol. The van der Waals surface area contributed by atoms with Crippen LogP contribution in [0.2, 0.25) is 0 Å². The number of carbonyl (C=O) groups excluding carboxylic acids is 1. The number of furan rings is 1. The molecule has 0 radical (unpaired) electrons. The summed E-state index contributed by atoms with van der Waals surface area (Å²) in [4.78, 5) is 29.0. The van der Waals surface area contributed by atoms with E-state index in [1.807, 2.05) is 39.0 Å². The van der Waals surface area contributed by atoms with Gasteiger partial charge in [0.15, 0.2) is 0 Å². The van der Waals surface area contributed by atoms with Crippen LogP contribution in [0.3, 0.4) is 0 Å². The van der Waals surface area contributed by atoms with Crippen molar-refractivity contribution in [2.75, 3.05) is 5.32 Å². The van der Waals surface area contributed by atoms with Crippen molar-refractivity contribution < 1.29 is 9.21 Å². The maximum absolute atomic E-state index is 12.6. The highest BCUT2D eigenvalue weighted by Gasteiger charge is 2.14. The minimum absolute atomic E-state index is 0.138. The van der Waals surface area contributed by atoms with Gasteiger partial charge in [-0.1, -0.05) is 12.1 Å². The number of aromatic nitrogens is 2. The molecule has 25 heavy (non-hydrogen) atoms. The summed E-state index contributed by atoms with van der Waals surface area (Å²) in [5.74, 6) is 0.547. The zero-order valence-electron chi connectivity index (χ0n) is 14.8. The van der Waals surface area contributed by atoms with E-state index in [2.05, 4.69) is 10.3 Å². The van der Waals surface area contributed by atoms with Crippen molar-refractivity contribution >= 4 is 22.7 Å². The fraction of sp³-hybridized carbons (Fsp3) is 0.316. The van der Waals surface area contributed by atoms with Crippen molar-refractivity contribution in [3.63, 3.8) is 0 Å². The second-order valence-corrected chi connectivity index (χ2v) is 6.32. The van der Waals surface area contributed by atoms with Crippen LogP contribution in [-0.2, 0) is 11.3 Å². The molecule has 0 bridgehead atoms. The van der Waals surface area contributed by atoms with E-state index in [0.717, 1.165) is 22.4 Å². The van der Waals surface area contributed by atoms with Crippen LogP contribution in [0.25, 0.3) is 11.1 Å². The molecular weight excluding hydrogens is 318 g/mol. The van der Waals surface area contributed by atoms with Gasteiger partial charge >= 0.3 is 0 Å². The third kappa shape index (κ3) is 3.33. The first kappa shape index (κ1) is 17.0. The average molecular weight is 339 g/mol. The highest BCUT2D eigenvalue weighted by Crippen LogP contribution is 2.19. The molecule has 0 aliphatic heterocycles. The number of amides is 1. The maximum Gasteiger partial charge on any atom is 0.264 e. The van der Waals surface area contributed by atoms with E-state index in [1.165, 1.54) is 10.9 Å². The Morgan fingerprint density at radius 3 is 2.76 bits per heavy atom. The fourth-order valence-corrected chi connectivity index (χ4v) is 2.73. The fourth-order valence-electron chi connectivity index (χ4n) is 2.73. The molecule has 0 unspecified atom stereocenters. The topological polar surface area (TPSA) is 77.1 Å². The molecule has 0 atom stereocenters. The number of hydrogen-bond donors (Lipinski definition) is 1. The molecule has 0 spiro atoms. The Bertz CT molecular complexity index is 1010. The summed E-state index contributed by atoms with van der Waals surface area (Å²) in [6, 6.07) is 5.91. The van der Waals surface area contributed by atoms with Crippen LogP contribution in [0.15, 0.2) is 33.7 Å². The molecule has 0 aliphatic carbocycles. The van der Waals surface area contributed by atoms with Crippen molar-refractivity contribution in [3.05, 3.63) is 57.3 Å². The van der Waals surface area contributed by atoms with Gasteiger partial charge in [0.05, 0.1) is 0 Å². The van der Waals surface area contributed by atoms with Gasteiger partial charge < -0.3 is 9.73 Å². The summed E-state index contributed by atoms with van der Waals surface area (Å²) in [6.07, 6.45) is 1.62. The van der Waals surface area contributed by atoms with Gasteiger partial charge in [0.1, 0.15) is 17.5 Å². The molecule has 0 saturated carbocycles. The lowest BCUT2D eigenvalue weighted by Gasteiger charge is -2.10. The van der Waals surface area contributed by atoms with Gasteiger partial charge in [0.2, 0.25) is 11.6 Å². The molecule has 0 fully saturated rings. The highest BCUT2D eigenvalue weighted by atomic mass is 16.3. The van der Waals surface area contributed by atoms with Gasteiger partial charge in [-0.15, -0.1) is 0 Å². The first-order chi connectivity index (χ1) is 11.9. The zero-order chi connectivity index (χ0) is 18.1. The standard InChI is InChI=1S/C19H21N3O3/c1-11-5-6-12(2)15(9-11)21-16(23)7-8-22-10-20-18-17(19(22)24)13(3)14(4)25-18/h5-6,9-10H,7-8H2,1-4H3,(H,21,23). The number of nitrogens with zero attached hydrogens (tertiary/aromatic N) is 2. The van der Waals surface area contributed by atoms with Gasteiger partial charge in [0.25, 0.3) is 5.56 Å². The Morgan fingerprint density at radius 2 is 2.00 bits per heavy atom. The van der Waals surface area contributed by atoms with Crippen molar-refractivity contribution in [2.45, 2.75) is 40.7 Å². The van der Waals surface area contributed by atoms with Crippen molar-refractivity contribution in [1.29, 1.82) is 0 Å². The smallest absolute Gasteiger partial charge is 0.264 e. The SMILES string of the molecule is Cc1ccc(C)c(NC(=O)CCn2cnc3oc(C)c(C)c3c2=O)c1. The molecule has 1 aromatic carbocycles. The molecular formula is C19H21N3O3. The summed E-state index contributed by atoms with van der Waals surface area (Å²) in [6.45, 7) is 7.83. The third-order valence-corrected chi connectivity index (χ3v) is 4.40. The molecule has 130 valence electrons. The van der Waals surface area contributed by atoms with Crippen molar-refractivity contribution in [1.82, 2.24) is 9.55 Å². The molecule has 2 heterocycles. The lowest BCUT2D eigenvalue weighted by Crippen LogP contribution is -2.23. The number of rotatable bonds is 4. The molecule has 1 amide bonds. The van der Waals surface area contributed by atoms with E-state index >= 15 is 0 Å². The van der Waals surface area contributed by atoms with Gasteiger partial charge in [-0.3, -0.25) is 14.2 Å². The Balaban J connectivity index is 1.75. The Morgan fingerprint density at radius 1 is 1.24 bits per heavy atom. The minimum Gasteiger partial charge on any atom is -0.443 e. The van der Waals surface area contributed by atoms with Crippen LogP contribution in [0, 0.1) is 27.7 Å². The third-order valence-electron chi connectivity index (χ3n) is 4.40. The summed E-state index contributed by atoms with van der Waals surface area (Å²) >= 11 is 0. The van der Waals surface area contributed by atoms with E-state index in [-0.39, 0.29) is 24.4 Å². The molecule has 6 heteroatoms. The molecule has 6 nitrogen and oxygen atoms in total. The number of fused-ring (bicyclic) bond motifs is 1. The van der Waals surface area contributed by atoms with Gasteiger partial charge in [-0.2, -0.15) is 0 Å². The van der Waals surface area contributed by atoms with Crippen LogP contribution >= 0.6 is 0 Å². The number of nitrogens with one attached hydrogen (secondary N) is 1. The highest BCUT2D eigenvalue weighted by molar-refractivity contribution is 5.91. The molecule has 3 aromatic rings. The van der Waals surface area contributed by atoms with E-state index in [9.17, 15) is 9.59 Å². The summed E-state index contributed by atoms with van der Waals surface area (Å²) in [5.41, 5.74) is 3.84. The van der Waals surface area contributed by atoms with Crippen LogP contribution < -0.4 is 10.9 Å². The summed E-state index contributed by atoms with van der Waals surface area (Å²) < 4.78 is 6.91. The van der Waals surface area contributed by atoms with Gasteiger partial charge in [0, 0.05) is 24.2 Å². The van der Waals surface area contributed by atoms with Crippen LogP contribution in [0.5, 0.6) is 0 Å². The number of carbonyl (C=O) groups is 1. The lowest BCUT2D eigenvalue weighted by molar-refractivity contribution is -0.116.